The quantitative estimate of drug-likeness (QED) is 0.383. The van der Waals surface area contributed by atoms with E-state index in [1.165, 1.54) is 54.2 Å². The molecule has 0 radical (unpaired) electrons. The summed E-state index contributed by atoms with van der Waals surface area (Å²) in [6, 6.07) is 14.6. The highest BCUT2D eigenvalue weighted by Crippen LogP contribution is 2.31. The zero-order chi connectivity index (χ0) is 18.9. The second-order valence-electron chi connectivity index (χ2n) is 6.98. The Labute approximate surface area is 165 Å². The molecule has 3 nitrogen and oxygen atoms in total. The average molecular weight is 381 g/mol. The van der Waals surface area contributed by atoms with E-state index in [1.807, 2.05) is 17.5 Å². The highest BCUT2D eigenvalue weighted by atomic mass is 32.1. The topological polar surface area (TPSA) is 42.0 Å². The van der Waals surface area contributed by atoms with Crippen molar-refractivity contribution < 1.29 is 4.79 Å². The van der Waals surface area contributed by atoms with Crippen LogP contribution < -0.4 is 5.32 Å². The van der Waals surface area contributed by atoms with Crippen molar-refractivity contribution in [3.8, 4) is 11.3 Å². The van der Waals surface area contributed by atoms with Gasteiger partial charge in [-0.1, -0.05) is 87.9 Å². The van der Waals surface area contributed by atoms with Crippen molar-refractivity contribution in [2.24, 2.45) is 0 Å². The summed E-state index contributed by atoms with van der Waals surface area (Å²) in [4.78, 5) is 16.8. The molecule has 3 aromatic rings. The van der Waals surface area contributed by atoms with Gasteiger partial charge in [0, 0.05) is 17.4 Å². The maximum Gasteiger partial charge on any atom is 0.226 e. The Morgan fingerprint density at radius 3 is 2.56 bits per heavy atom. The molecule has 0 saturated carbocycles. The standard InChI is InChI=1S/C23H28N2OS/c1-2-3-4-5-6-7-8-16-22(26)25-23-24-21(17-27-23)20-15-11-13-18-12-9-10-14-19(18)20/h9-15,17H,2-8,16H2,1H3,(H,24,25,26). The highest BCUT2D eigenvalue weighted by molar-refractivity contribution is 7.14. The van der Waals surface area contributed by atoms with E-state index in [4.69, 9.17) is 0 Å². The number of thiazole rings is 1. The number of anilines is 1. The molecule has 0 unspecified atom stereocenters. The molecule has 1 amide bonds. The lowest BCUT2D eigenvalue weighted by molar-refractivity contribution is -0.116. The van der Waals surface area contributed by atoms with E-state index in [9.17, 15) is 4.79 Å². The minimum absolute atomic E-state index is 0.0716. The molecule has 1 N–H and O–H groups in total. The van der Waals surface area contributed by atoms with Crippen LogP contribution in [0.3, 0.4) is 0 Å². The van der Waals surface area contributed by atoms with Crippen LogP contribution in [0.4, 0.5) is 5.13 Å². The van der Waals surface area contributed by atoms with Crippen LogP contribution in [0.5, 0.6) is 0 Å². The number of benzene rings is 2. The van der Waals surface area contributed by atoms with E-state index >= 15 is 0 Å². The Balaban J connectivity index is 1.51. The fraction of sp³-hybridized carbons (Fsp3) is 0.391. The lowest BCUT2D eigenvalue weighted by Gasteiger charge is -2.04. The first-order valence-electron chi connectivity index (χ1n) is 10.0. The van der Waals surface area contributed by atoms with Gasteiger partial charge in [-0.2, -0.15) is 0 Å². The number of hydrogen-bond acceptors (Lipinski definition) is 3. The summed E-state index contributed by atoms with van der Waals surface area (Å²) < 4.78 is 0. The number of aromatic nitrogens is 1. The van der Waals surface area contributed by atoms with Gasteiger partial charge in [0.05, 0.1) is 5.69 Å². The summed E-state index contributed by atoms with van der Waals surface area (Å²) >= 11 is 1.49. The first-order valence-corrected chi connectivity index (χ1v) is 10.9. The van der Waals surface area contributed by atoms with Crippen LogP contribution in [0, 0.1) is 0 Å². The fourth-order valence-corrected chi connectivity index (χ4v) is 4.05. The Kier molecular flexibility index (Phi) is 7.40. The summed E-state index contributed by atoms with van der Waals surface area (Å²) in [6.07, 6.45) is 9.11. The molecule has 3 rings (SSSR count). The molecule has 1 heterocycles. The van der Waals surface area contributed by atoms with Crippen molar-refractivity contribution in [3.05, 3.63) is 47.8 Å². The third-order valence-corrected chi connectivity index (χ3v) is 5.58. The number of carbonyl (C=O) groups is 1. The largest absolute Gasteiger partial charge is 0.302 e. The molecule has 0 aliphatic carbocycles. The van der Waals surface area contributed by atoms with Crippen LogP contribution in [-0.2, 0) is 4.79 Å². The Hall–Kier alpha value is -2.20. The van der Waals surface area contributed by atoms with Gasteiger partial charge in [0.1, 0.15) is 0 Å². The van der Waals surface area contributed by atoms with E-state index in [-0.39, 0.29) is 5.91 Å². The number of amides is 1. The van der Waals surface area contributed by atoms with E-state index in [1.54, 1.807) is 0 Å². The van der Waals surface area contributed by atoms with Gasteiger partial charge in [0.25, 0.3) is 0 Å². The zero-order valence-corrected chi connectivity index (χ0v) is 16.9. The minimum atomic E-state index is 0.0716. The molecule has 4 heteroatoms. The van der Waals surface area contributed by atoms with Crippen molar-refractivity contribution in [1.82, 2.24) is 4.98 Å². The summed E-state index contributed by atoms with van der Waals surface area (Å²) in [6.45, 7) is 2.23. The van der Waals surface area contributed by atoms with Crippen LogP contribution in [0.2, 0.25) is 0 Å². The lowest BCUT2D eigenvalue weighted by Crippen LogP contribution is -2.10. The molecule has 0 aliphatic heterocycles. The Bertz CT molecular complexity index is 866. The van der Waals surface area contributed by atoms with Crippen molar-refractivity contribution in [1.29, 1.82) is 0 Å². The summed E-state index contributed by atoms with van der Waals surface area (Å²) in [5, 5.41) is 8.05. The third kappa shape index (κ3) is 5.64. The predicted molar refractivity (Wildman–Crippen MR) is 116 cm³/mol. The SMILES string of the molecule is CCCCCCCCCC(=O)Nc1nc(-c2cccc3ccccc23)cs1. The van der Waals surface area contributed by atoms with E-state index < -0.39 is 0 Å². The zero-order valence-electron chi connectivity index (χ0n) is 16.0. The number of nitrogens with zero attached hydrogens (tertiary/aromatic N) is 1. The maximum atomic E-state index is 12.2. The van der Waals surface area contributed by atoms with Gasteiger partial charge in [-0.25, -0.2) is 4.98 Å². The second kappa shape index (κ2) is 10.2. The Morgan fingerprint density at radius 2 is 1.70 bits per heavy atom. The molecular formula is C23H28N2OS. The molecule has 0 aliphatic rings. The molecule has 2 aromatic carbocycles. The number of hydrogen-bond donors (Lipinski definition) is 1. The minimum Gasteiger partial charge on any atom is -0.302 e. The van der Waals surface area contributed by atoms with Gasteiger partial charge < -0.3 is 5.32 Å². The normalized spacial score (nSPS) is 11.0. The van der Waals surface area contributed by atoms with Crippen LogP contribution in [-0.4, -0.2) is 10.9 Å². The first-order chi connectivity index (χ1) is 13.3. The summed E-state index contributed by atoms with van der Waals surface area (Å²) in [5.41, 5.74) is 2.03. The lowest BCUT2D eigenvalue weighted by atomic mass is 10.0. The highest BCUT2D eigenvalue weighted by Gasteiger charge is 2.10. The van der Waals surface area contributed by atoms with Gasteiger partial charge in [-0.3, -0.25) is 4.79 Å². The second-order valence-corrected chi connectivity index (χ2v) is 7.84. The van der Waals surface area contributed by atoms with E-state index in [0.717, 1.165) is 24.1 Å². The predicted octanol–water partition coefficient (Wildman–Crippen LogP) is 7.04. The average Bonchev–Trinajstić information content (AvgIpc) is 3.15. The molecule has 0 bridgehead atoms. The molecule has 1 aromatic heterocycles. The number of rotatable bonds is 10. The number of nitrogens with one attached hydrogen (secondary N) is 1. The van der Waals surface area contributed by atoms with Gasteiger partial charge >= 0.3 is 0 Å². The van der Waals surface area contributed by atoms with Crippen molar-refractivity contribution in [2.45, 2.75) is 58.3 Å². The van der Waals surface area contributed by atoms with Gasteiger partial charge in [0.2, 0.25) is 5.91 Å². The molecule has 0 spiro atoms. The van der Waals surface area contributed by atoms with Gasteiger partial charge in [0.15, 0.2) is 5.13 Å². The molecule has 142 valence electrons. The molecular weight excluding hydrogens is 352 g/mol. The number of fused-ring (bicyclic) bond motifs is 1. The third-order valence-electron chi connectivity index (χ3n) is 4.82. The first kappa shape index (κ1) is 19.6. The van der Waals surface area contributed by atoms with Gasteiger partial charge in [-0.05, 0) is 17.2 Å². The van der Waals surface area contributed by atoms with E-state index in [2.05, 4.69) is 47.6 Å². The summed E-state index contributed by atoms with van der Waals surface area (Å²) in [5.74, 6) is 0.0716. The van der Waals surface area contributed by atoms with Crippen LogP contribution in [0.1, 0.15) is 58.3 Å². The van der Waals surface area contributed by atoms with Crippen molar-refractivity contribution in [3.63, 3.8) is 0 Å². The number of carbonyl (C=O) groups excluding carboxylic acids is 1. The van der Waals surface area contributed by atoms with E-state index in [0.29, 0.717) is 11.6 Å². The maximum absolute atomic E-state index is 12.2. The van der Waals surface area contributed by atoms with Crippen LogP contribution in [0.25, 0.3) is 22.0 Å². The van der Waals surface area contributed by atoms with Crippen LogP contribution in [0.15, 0.2) is 47.8 Å². The monoisotopic (exact) mass is 380 g/mol. The fourth-order valence-electron chi connectivity index (χ4n) is 3.33. The molecule has 0 fully saturated rings. The van der Waals surface area contributed by atoms with Crippen molar-refractivity contribution in [2.75, 3.05) is 5.32 Å². The smallest absolute Gasteiger partial charge is 0.226 e. The van der Waals surface area contributed by atoms with Crippen LogP contribution >= 0.6 is 11.3 Å². The molecule has 27 heavy (non-hydrogen) atoms. The van der Waals surface area contributed by atoms with Crippen molar-refractivity contribution >= 4 is 33.1 Å². The molecule has 0 saturated heterocycles. The number of unbranched alkanes of at least 4 members (excludes halogenated alkanes) is 6. The summed E-state index contributed by atoms with van der Waals surface area (Å²) in [7, 11) is 0. The molecule has 0 atom stereocenters. The van der Waals surface area contributed by atoms with Gasteiger partial charge in [-0.15, -0.1) is 11.3 Å². The Morgan fingerprint density at radius 1 is 0.963 bits per heavy atom.